The Labute approximate surface area is 168 Å². The van der Waals surface area contributed by atoms with Crippen LogP contribution in [0.1, 0.15) is 24.0 Å². The number of guanidine groups is 1. The van der Waals surface area contributed by atoms with E-state index < -0.39 is 5.82 Å². The van der Waals surface area contributed by atoms with Gasteiger partial charge in [-0.1, -0.05) is 18.2 Å². The molecule has 0 unspecified atom stereocenters. The van der Waals surface area contributed by atoms with E-state index in [-0.39, 0.29) is 41.0 Å². The highest BCUT2D eigenvalue weighted by molar-refractivity contribution is 14.0. The van der Waals surface area contributed by atoms with Gasteiger partial charge >= 0.3 is 0 Å². The van der Waals surface area contributed by atoms with E-state index in [4.69, 9.17) is 0 Å². The van der Waals surface area contributed by atoms with E-state index in [1.165, 1.54) is 18.2 Å². The molecule has 2 aromatic rings. The minimum atomic E-state index is -0.648. The number of rotatable bonds is 5. The lowest BCUT2D eigenvalue weighted by Gasteiger charge is -2.19. The third kappa shape index (κ3) is 4.84. The average molecular weight is 473 g/mol. The highest BCUT2D eigenvalue weighted by Gasteiger charge is 2.44. The maximum atomic E-state index is 13.5. The summed E-state index contributed by atoms with van der Waals surface area (Å²) in [5.74, 6) is -0.640. The molecule has 3 rings (SSSR count). The van der Waals surface area contributed by atoms with Crippen LogP contribution in [0.2, 0.25) is 0 Å². The molecule has 1 aliphatic carbocycles. The van der Waals surface area contributed by atoms with E-state index in [0.29, 0.717) is 24.6 Å². The van der Waals surface area contributed by atoms with Crippen molar-refractivity contribution in [2.45, 2.75) is 24.8 Å². The second-order valence-corrected chi connectivity index (χ2v) is 6.36. The van der Waals surface area contributed by atoms with Crippen LogP contribution in [0.3, 0.4) is 0 Å². The Bertz CT molecular complexity index is 794. The highest BCUT2D eigenvalue weighted by atomic mass is 127. The van der Waals surface area contributed by atoms with Crippen molar-refractivity contribution in [3.8, 4) is 5.75 Å². The van der Waals surface area contributed by atoms with Crippen molar-refractivity contribution in [3.05, 3.63) is 65.2 Å². The van der Waals surface area contributed by atoms with E-state index >= 15 is 0 Å². The molecule has 140 valence electrons. The van der Waals surface area contributed by atoms with Gasteiger partial charge in [-0.2, -0.15) is 0 Å². The second-order valence-electron chi connectivity index (χ2n) is 6.36. The number of phenolic OH excluding ortho intramolecular Hbond substituents is 1. The van der Waals surface area contributed by atoms with Gasteiger partial charge in [0.1, 0.15) is 5.82 Å². The number of nitrogens with zero attached hydrogens (tertiary/aromatic N) is 1. The zero-order valence-corrected chi connectivity index (χ0v) is 16.8. The van der Waals surface area contributed by atoms with Crippen LogP contribution in [0, 0.1) is 11.6 Å². The summed E-state index contributed by atoms with van der Waals surface area (Å²) in [5.41, 5.74) is 1.64. The molecule has 0 radical (unpaired) electrons. The molecule has 0 saturated heterocycles. The zero-order chi connectivity index (χ0) is 17.9. The van der Waals surface area contributed by atoms with Crippen molar-refractivity contribution in [2.24, 2.45) is 4.99 Å². The zero-order valence-electron chi connectivity index (χ0n) is 14.4. The monoisotopic (exact) mass is 473 g/mol. The van der Waals surface area contributed by atoms with Crippen LogP contribution < -0.4 is 10.6 Å². The first kappa shape index (κ1) is 20.4. The minimum Gasteiger partial charge on any atom is -0.505 e. The fourth-order valence-electron chi connectivity index (χ4n) is 2.86. The number of phenols is 1. The molecule has 1 saturated carbocycles. The van der Waals surface area contributed by atoms with Gasteiger partial charge in [-0.15, -0.1) is 24.0 Å². The Kier molecular flexibility index (Phi) is 6.80. The number of hydrogen-bond acceptors (Lipinski definition) is 2. The van der Waals surface area contributed by atoms with Crippen LogP contribution in [0.4, 0.5) is 8.78 Å². The van der Waals surface area contributed by atoms with Gasteiger partial charge in [0.25, 0.3) is 0 Å². The number of benzene rings is 2. The van der Waals surface area contributed by atoms with E-state index in [2.05, 4.69) is 15.6 Å². The van der Waals surface area contributed by atoms with Gasteiger partial charge in [0, 0.05) is 25.6 Å². The molecular weight excluding hydrogens is 451 g/mol. The van der Waals surface area contributed by atoms with Gasteiger partial charge in [-0.05, 0) is 48.2 Å². The van der Waals surface area contributed by atoms with Crippen molar-refractivity contribution < 1.29 is 13.9 Å². The molecule has 7 heteroatoms. The SMILES string of the molecule is CN=C(NCc1ccc(O)c(F)c1)NCC1(c2cccc(F)c2)CC1.I. The van der Waals surface area contributed by atoms with E-state index in [1.807, 2.05) is 6.07 Å². The lowest BCUT2D eigenvalue weighted by Crippen LogP contribution is -2.40. The molecule has 2 aromatic carbocycles. The summed E-state index contributed by atoms with van der Waals surface area (Å²) < 4.78 is 26.8. The van der Waals surface area contributed by atoms with Crippen LogP contribution in [-0.4, -0.2) is 24.7 Å². The molecule has 1 fully saturated rings. The summed E-state index contributed by atoms with van der Waals surface area (Å²) in [4.78, 5) is 4.16. The first-order valence-corrected chi connectivity index (χ1v) is 8.20. The summed E-state index contributed by atoms with van der Waals surface area (Å²) in [6, 6.07) is 11.0. The summed E-state index contributed by atoms with van der Waals surface area (Å²) in [5, 5.41) is 15.6. The molecular formula is C19H22F2IN3O. The maximum Gasteiger partial charge on any atom is 0.191 e. The molecule has 0 atom stereocenters. The molecule has 0 amide bonds. The van der Waals surface area contributed by atoms with Gasteiger partial charge in [-0.3, -0.25) is 4.99 Å². The van der Waals surface area contributed by atoms with Gasteiger partial charge < -0.3 is 15.7 Å². The summed E-state index contributed by atoms with van der Waals surface area (Å²) in [6.45, 7) is 1.03. The number of halogens is 3. The number of nitrogens with one attached hydrogen (secondary N) is 2. The summed E-state index contributed by atoms with van der Waals surface area (Å²) in [6.07, 6.45) is 2.01. The lowest BCUT2D eigenvalue weighted by atomic mass is 9.96. The maximum absolute atomic E-state index is 13.5. The quantitative estimate of drug-likeness (QED) is 0.353. The van der Waals surface area contributed by atoms with Crippen molar-refractivity contribution in [2.75, 3.05) is 13.6 Å². The fraction of sp³-hybridized carbons (Fsp3) is 0.316. The lowest BCUT2D eigenvalue weighted by molar-refractivity contribution is 0.431. The second kappa shape index (κ2) is 8.66. The van der Waals surface area contributed by atoms with E-state index in [1.54, 1.807) is 25.2 Å². The van der Waals surface area contributed by atoms with Crippen molar-refractivity contribution in [1.29, 1.82) is 0 Å². The number of hydrogen-bond donors (Lipinski definition) is 3. The molecule has 0 spiro atoms. The molecule has 26 heavy (non-hydrogen) atoms. The molecule has 0 bridgehead atoms. The number of aliphatic imine (C=N–C) groups is 1. The molecule has 0 heterocycles. The van der Waals surface area contributed by atoms with Gasteiger partial charge in [0.2, 0.25) is 0 Å². The fourth-order valence-corrected chi connectivity index (χ4v) is 2.86. The molecule has 4 nitrogen and oxygen atoms in total. The largest absolute Gasteiger partial charge is 0.505 e. The summed E-state index contributed by atoms with van der Waals surface area (Å²) in [7, 11) is 1.66. The van der Waals surface area contributed by atoms with Crippen molar-refractivity contribution in [3.63, 3.8) is 0 Å². The van der Waals surface area contributed by atoms with Crippen LogP contribution in [0.5, 0.6) is 5.75 Å². The average Bonchev–Trinajstić information content (AvgIpc) is 3.39. The number of aromatic hydroxyl groups is 1. The Balaban J connectivity index is 0.00000243. The van der Waals surface area contributed by atoms with Gasteiger partial charge in [0.15, 0.2) is 17.5 Å². The van der Waals surface area contributed by atoms with Crippen LogP contribution >= 0.6 is 24.0 Å². The molecule has 1 aliphatic rings. The third-order valence-corrected chi connectivity index (χ3v) is 4.58. The van der Waals surface area contributed by atoms with Crippen LogP contribution in [0.25, 0.3) is 0 Å². The Morgan fingerprint density at radius 2 is 1.92 bits per heavy atom. The normalized spacial score (nSPS) is 15.1. The van der Waals surface area contributed by atoms with Gasteiger partial charge in [0.05, 0.1) is 0 Å². The predicted molar refractivity (Wildman–Crippen MR) is 109 cm³/mol. The van der Waals surface area contributed by atoms with Gasteiger partial charge in [-0.25, -0.2) is 8.78 Å². The van der Waals surface area contributed by atoms with Crippen LogP contribution in [0.15, 0.2) is 47.5 Å². The van der Waals surface area contributed by atoms with E-state index in [0.717, 1.165) is 18.4 Å². The molecule has 0 aliphatic heterocycles. The Morgan fingerprint density at radius 3 is 2.54 bits per heavy atom. The topological polar surface area (TPSA) is 56.7 Å². The standard InChI is InChI=1S/C19H21F2N3O.HI/c1-22-18(23-11-13-5-6-17(25)16(21)9-13)24-12-19(7-8-19)14-3-2-4-15(20)10-14;/h2-6,9-10,25H,7-8,11-12H2,1H3,(H2,22,23,24);1H. The van der Waals surface area contributed by atoms with Crippen molar-refractivity contribution >= 4 is 29.9 Å². The molecule has 0 aromatic heterocycles. The van der Waals surface area contributed by atoms with Crippen LogP contribution in [-0.2, 0) is 12.0 Å². The third-order valence-electron chi connectivity index (χ3n) is 4.58. The highest BCUT2D eigenvalue weighted by Crippen LogP contribution is 2.47. The Hall–Kier alpha value is -1.90. The van der Waals surface area contributed by atoms with E-state index in [9.17, 15) is 13.9 Å². The summed E-state index contributed by atoms with van der Waals surface area (Å²) >= 11 is 0. The predicted octanol–water partition coefficient (Wildman–Crippen LogP) is 3.69. The van der Waals surface area contributed by atoms with Crippen molar-refractivity contribution in [1.82, 2.24) is 10.6 Å². The molecule has 3 N–H and O–H groups in total. The first-order chi connectivity index (χ1) is 12.0. The Morgan fingerprint density at radius 1 is 1.15 bits per heavy atom. The minimum absolute atomic E-state index is 0. The smallest absolute Gasteiger partial charge is 0.191 e. The first-order valence-electron chi connectivity index (χ1n) is 8.20.